The van der Waals surface area contributed by atoms with Crippen molar-refractivity contribution in [2.75, 3.05) is 25.5 Å². The number of anilines is 1. The van der Waals surface area contributed by atoms with Gasteiger partial charge < -0.3 is 19.7 Å². The minimum atomic E-state index is -3.91. The number of halogens is 1. The first-order valence-electron chi connectivity index (χ1n) is 11.3. The van der Waals surface area contributed by atoms with Crippen LogP contribution in [0.4, 0.5) is 10.1 Å². The zero-order valence-electron chi connectivity index (χ0n) is 20.6. The second-order valence-electron chi connectivity index (χ2n) is 8.03. The van der Waals surface area contributed by atoms with E-state index < -0.39 is 27.8 Å². The summed E-state index contributed by atoms with van der Waals surface area (Å²) in [5.74, 6) is -0.299. The molecule has 2 amide bonds. The van der Waals surface area contributed by atoms with Gasteiger partial charge in [-0.2, -0.15) is 0 Å². The molecule has 0 saturated carbocycles. The van der Waals surface area contributed by atoms with Crippen LogP contribution in [-0.2, 0) is 26.2 Å². The minimum absolute atomic E-state index is 0.0372. The first-order valence-corrected chi connectivity index (χ1v) is 12.8. The highest BCUT2D eigenvalue weighted by atomic mass is 32.2. The summed E-state index contributed by atoms with van der Waals surface area (Å²) in [5.41, 5.74) is 1.02. The van der Waals surface area contributed by atoms with Crippen LogP contribution in [0.15, 0.2) is 77.7 Å². The summed E-state index contributed by atoms with van der Waals surface area (Å²) in [4.78, 5) is 26.6. The predicted octanol–water partition coefficient (Wildman–Crippen LogP) is 3.18. The van der Waals surface area contributed by atoms with Gasteiger partial charge in [0.1, 0.15) is 23.4 Å². The molecule has 0 unspecified atom stereocenters. The SMILES string of the molecule is CNC(=O)[C@@H](C)N(Cc1ccc(OC)cc1)C(=O)COc1ccc(S(=O)(=O)Nc2ccc(F)cc2)cc1. The van der Waals surface area contributed by atoms with Gasteiger partial charge in [-0.05, 0) is 73.2 Å². The van der Waals surface area contributed by atoms with Crippen LogP contribution < -0.4 is 19.5 Å². The first-order chi connectivity index (χ1) is 17.6. The molecule has 196 valence electrons. The highest BCUT2D eigenvalue weighted by Gasteiger charge is 2.26. The number of nitrogens with zero attached hydrogens (tertiary/aromatic N) is 1. The van der Waals surface area contributed by atoms with Gasteiger partial charge in [0.15, 0.2) is 6.61 Å². The molecule has 0 saturated heterocycles. The van der Waals surface area contributed by atoms with Crippen LogP contribution in [-0.4, -0.2) is 51.9 Å². The van der Waals surface area contributed by atoms with Gasteiger partial charge in [0.25, 0.3) is 15.9 Å². The van der Waals surface area contributed by atoms with Gasteiger partial charge >= 0.3 is 0 Å². The molecule has 0 aromatic heterocycles. The summed E-state index contributed by atoms with van der Waals surface area (Å²) < 4.78 is 51.3. The lowest BCUT2D eigenvalue weighted by Gasteiger charge is -2.28. The average Bonchev–Trinajstić information content (AvgIpc) is 2.91. The molecule has 0 heterocycles. The number of nitrogens with one attached hydrogen (secondary N) is 2. The quantitative estimate of drug-likeness (QED) is 0.395. The highest BCUT2D eigenvalue weighted by Crippen LogP contribution is 2.20. The Labute approximate surface area is 215 Å². The van der Waals surface area contributed by atoms with Crippen molar-refractivity contribution in [3.05, 3.63) is 84.2 Å². The smallest absolute Gasteiger partial charge is 0.261 e. The Bertz CT molecular complexity index is 1310. The van der Waals surface area contributed by atoms with Crippen LogP contribution in [0, 0.1) is 5.82 Å². The van der Waals surface area contributed by atoms with Gasteiger partial charge in [0.05, 0.1) is 12.0 Å². The van der Waals surface area contributed by atoms with Gasteiger partial charge in [-0.1, -0.05) is 12.1 Å². The number of likely N-dealkylation sites (N-methyl/N-ethyl adjacent to an activating group) is 1. The molecule has 37 heavy (non-hydrogen) atoms. The number of sulfonamides is 1. The average molecular weight is 530 g/mol. The summed E-state index contributed by atoms with van der Waals surface area (Å²) in [5, 5.41) is 2.54. The van der Waals surface area contributed by atoms with E-state index in [0.29, 0.717) is 5.75 Å². The number of benzene rings is 3. The Morgan fingerprint density at radius 1 is 0.946 bits per heavy atom. The van der Waals surface area contributed by atoms with Crippen molar-refractivity contribution in [2.24, 2.45) is 0 Å². The lowest BCUT2D eigenvalue weighted by Crippen LogP contribution is -2.48. The van der Waals surface area contributed by atoms with Gasteiger partial charge in [0.2, 0.25) is 5.91 Å². The molecular weight excluding hydrogens is 501 g/mol. The van der Waals surface area contributed by atoms with Crippen LogP contribution in [0.3, 0.4) is 0 Å². The van der Waals surface area contributed by atoms with Gasteiger partial charge in [-0.15, -0.1) is 0 Å². The van der Waals surface area contributed by atoms with E-state index in [9.17, 15) is 22.4 Å². The molecule has 3 rings (SSSR count). The second kappa shape index (κ2) is 12.2. The molecule has 0 bridgehead atoms. The van der Waals surface area contributed by atoms with Crippen molar-refractivity contribution >= 4 is 27.5 Å². The van der Waals surface area contributed by atoms with Crippen molar-refractivity contribution in [1.29, 1.82) is 0 Å². The van der Waals surface area contributed by atoms with E-state index in [4.69, 9.17) is 9.47 Å². The maximum absolute atomic E-state index is 13.1. The van der Waals surface area contributed by atoms with E-state index >= 15 is 0 Å². The van der Waals surface area contributed by atoms with Gasteiger partial charge in [-0.3, -0.25) is 14.3 Å². The number of carbonyl (C=O) groups excluding carboxylic acids is 2. The van der Waals surface area contributed by atoms with E-state index in [1.165, 1.54) is 48.3 Å². The third-order valence-electron chi connectivity index (χ3n) is 5.52. The Morgan fingerprint density at radius 2 is 1.54 bits per heavy atom. The van der Waals surface area contributed by atoms with Crippen LogP contribution in [0.25, 0.3) is 0 Å². The number of rotatable bonds is 11. The summed E-state index contributed by atoms with van der Waals surface area (Å²) in [7, 11) is -0.860. The molecule has 3 aromatic rings. The van der Waals surface area contributed by atoms with Crippen molar-refractivity contribution in [3.8, 4) is 11.5 Å². The largest absolute Gasteiger partial charge is 0.497 e. The molecule has 0 aliphatic heterocycles. The van der Waals surface area contributed by atoms with Crippen molar-refractivity contribution in [3.63, 3.8) is 0 Å². The molecule has 0 fully saturated rings. The topological polar surface area (TPSA) is 114 Å². The highest BCUT2D eigenvalue weighted by molar-refractivity contribution is 7.92. The van der Waals surface area contributed by atoms with Gasteiger partial charge in [-0.25, -0.2) is 12.8 Å². The van der Waals surface area contributed by atoms with E-state index in [1.807, 2.05) is 0 Å². The Balaban J connectivity index is 1.67. The molecule has 9 nitrogen and oxygen atoms in total. The summed E-state index contributed by atoms with van der Waals surface area (Å²) in [6, 6.07) is 16.8. The maximum atomic E-state index is 13.1. The van der Waals surface area contributed by atoms with E-state index in [2.05, 4.69) is 10.0 Å². The number of hydrogen-bond acceptors (Lipinski definition) is 6. The number of hydrogen-bond donors (Lipinski definition) is 2. The van der Waals surface area contributed by atoms with Crippen LogP contribution in [0.5, 0.6) is 11.5 Å². The number of amides is 2. The minimum Gasteiger partial charge on any atom is -0.497 e. The Hall–Kier alpha value is -4.12. The van der Waals surface area contributed by atoms with Crippen molar-refractivity contribution in [1.82, 2.24) is 10.2 Å². The third kappa shape index (κ3) is 7.43. The predicted molar refractivity (Wildman–Crippen MR) is 136 cm³/mol. The second-order valence-corrected chi connectivity index (χ2v) is 9.71. The molecule has 1 atom stereocenters. The van der Waals surface area contributed by atoms with E-state index in [-0.39, 0.29) is 35.4 Å². The molecule has 0 spiro atoms. The van der Waals surface area contributed by atoms with Crippen molar-refractivity contribution < 1.29 is 31.9 Å². The molecular formula is C26H28FN3O6S. The Morgan fingerprint density at radius 3 is 2.11 bits per heavy atom. The van der Waals surface area contributed by atoms with Gasteiger partial charge in [0, 0.05) is 19.3 Å². The lowest BCUT2D eigenvalue weighted by atomic mass is 10.1. The molecule has 3 aromatic carbocycles. The normalized spacial score (nSPS) is 11.8. The number of methoxy groups -OCH3 is 1. The number of carbonyl (C=O) groups is 2. The molecule has 0 radical (unpaired) electrons. The standard InChI is InChI=1S/C26H28FN3O6S/c1-18(26(32)28-2)30(16-19-4-10-22(35-3)11-5-19)25(31)17-36-23-12-14-24(15-13-23)37(33,34)29-21-8-6-20(27)7-9-21/h4-15,18,29H,16-17H2,1-3H3,(H,28,32)/t18-/m1/s1. The molecule has 0 aliphatic rings. The fraction of sp³-hybridized carbons (Fsp3) is 0.231. The lowest BCUT2D eigenvalue weighted by molar-refractivity contribution is -0.142. The van der Waals surface area contributed by atoms with Crippen LogP contribution in [0.2, 0.25) is 0 Å². The van der Waals surface area contributed by atoms with Crippen molar-refractivity contribution in [2.45, 2.75) is 24.4 Å². The Kier molecular flexibility index (Phi) is 9.07. The zero-order valence-corrected chi connectivity index (χ0v) is 21.4. The molecule has 11 heteroatoms. The molecule has 2 N–H and O–H groups in total. The van der Waals surface area contributed by atoms with Crippen LogP contribution >= 0.6 is 0 Å². The monoisotopic (exact) mass is 529 g/mol. The third-order valence-corrected chi connectivity index (χ3v) is 6.92. The fourth-order valence-electron chi connectivity index (χ4n) is 3.39. The van der Waals surface area contributed by atoms with Crippen LogP contribution in [0.1, 0.15) is 12.5 Å². The fourth-order valence-corrected chi connectivity index (χ4v) is 4.45. The zero-order chi connectivity index (χ0) is 27.0. The molecule has 0 aliphatic carbocycles. The summed E-state index contributed by atoms with van der Waals surface area (Å²) in [6.45, 7) is 1.43. The van der Waals surface area contributed by atoms with E-state index in [1.54, 1.807) is 38.3 Å². The maximum Gasteiger partial charge on any atom is 0.261 e. The van der Waals surface area contributed by atoms with E-state index in [0.717, 1.165) is 17.7 Å². The first kappa shape index (κ1) is 27.5. The summed E-state index contributed by atoms with van der Waals surface area (Å²) >= 11 is 0. The number of ether oxygens (including phenoxy) is 2. The summed E-state index contributed by atoms with van der Waals surface area (Å²) in [6.07, 6.45) is 0.